The summed E-state index contributed by atoms with van der Waals surface area (Å²) in [6, 6.07) is 7.14. The topological polar surface area (TPSA) is 73.6 Å². The van der Waals surface area contributed by atoms with Gasteiger partial charge in [0.15, 0.2) is 17.2 Å². The van der Waals surface area contributed by atoms with Gasteiger partial charge >= 0.3 is 5.97 Å². The van der Waals surface area contributed by atoms with Crippen LogP contribution >= 0.6 is 0 Å². The van der Waals surface area contributed by atoms with E-state index in [9.17, 15) is 4.79 Å². The molecule has 1 fully saturated rings. The number of hydrogen-bond acceptors (Lipinski definition) is 4. The first-order chi connectivity index (χ1) is 10.6. The molecule has 22 heavy (non-hydrogen) atoms. The lowest BCUT2D eigenvalue weighted by Gasteiger charge is -2.27. The number of aromatic nitrogens is 2. The van der Waals surface area contributed by atoms with E-state index in [0.717, 1.165) is 24.2 Å². The molecule has 0 saturated heterocycles. The minimum absolute atomic E-state index is 0.0197. The standard InChI is InChI=1S/C16H18N2O4/c1-18-13(9-12(17-18)16(19)20)10-6-7-14(15(8-10)21-2)22-11-4-3-5-11/h6-9,11H,3-5H2,1-2H3,(H,19,20). The summed E-state index contributed by atoms with van der Waals surface area (Å²) in [5.74, 6) is 0.317. The Bertz CT molecular complexity index is 704. The zero-order valence-electron chi connectivity index (χ0n) is 12.6. The van der Waals surface area contributed by atoms with Crippen LogP contribution in [-0.2, 0) is 7.05 Å². The molecule has 3 rings (SSSR count). The number of methoxy groups -OCH3 is 1. The lowest BCUT2D eigenvalue weighted by molar-refractivity contribution is 0.0689. The maximum atomic E-state index is 11.0. The van der Waals surface area contributed by atoms with Gasteiger partial charge in [0.05, 0.1) is 18.9 Å². The molecule has 1 aromatic heterocycles. The summed E-state index contributed by atoms with van der Waals surface area (Å²) in [6.07, 6.45) is 3.64. The highest BCUT2D eigenvalue weighted by molar-refractivity contribution is 5.87. The van der Waals surface area contributed by atoms with Crippen molar-refractivity contribution in [2.24, 2.45) is 7.05 Å². The van der Waals surface area contributed by atoms with Crippen LogP contribution in [0.4, 0.5) is 0 Å². The molecule has 1 aromatic carbocycles. The number of ether oxygens (including phenoxy) is 2. The Morgan fingerprint density at radius 3 is 2.64 bits per heavy atom. The Kier molecular flexibility index (Phi) is 3.75. The van der Waals surface area contributed by atoms with E-state index in [4.69, 9.17) is 14.6 Å². The molecule has 0 aliphatic heterocycles. The molecule has 1 N–H and O–H groups in total. The lowest BCUT2D eigenvalue weighted by atomic mass is 9.96. The average Bonchev–Trinajstić information content (AvgIpc) is 2.85. The van der Waals surface area contributed by atoms with Gasteiger partial charge in [-0.05, 0) is 43.5 Å². The van der Waals surface area contributed by atoms with E-state index in [1.165, 1.54) is 6.42 Å². The molecule has 2 aromatic rings. The van der Waals surface area contributed by atoms with Gasteiger partial charge in [-0.25, -0.2) is 4.79 Å². The van der Waals surface area contributed by atoms with Crippen LogP contribution in [0.25, 0.3) is 11.3 Å². The Labute approximate surface area is 128 Å². The predicted octanol–water partition coefficient (Wildman–Crippen LogP) is 2.73. The van der Waals surface area contributed by atoms with Crippen LogP contribution in [-0.4, -0.2) is 34.1 Å². The Morgan fingerprint density at radius 1 is 1.32 bits per heavy atom. The van der Waals surface area contributed by atoms with Crippen molar-refractivity contribution in [2.45, 2.75) is 25.4 Å². The Hall–Kier alpha value is -2.50. The van der Waals surface area contributed by atoms with Crippen molar-refractivity contribution in [3.8, 4) is 22.8 Å². The molecule has 0 spiro atoms. The van der Waals surface area contributed by atoms with Gasteiger partial charge in [0.2, 0.25) is 0 Å². The molecule has 0 bridgehead atoms. The second-order valence-electron chi connectivity index (χ2n) is 5.38. The molecule has 1 heterocycles. The van der Waals surface area contributed by atoms with E-state index in [1.807, 2.05) is 18.2 Å². The van der Waals surface area contributed by atoms with Gasteiger partial charge < -0.3 is 14.6 Å². The monoisotopic (exact) mass is 302 g/mol. The number of hydrogen-bond donors (Lipinski definition) is 1. The zero-order valence-corrected chi connectivity index (χ0v) is 12.6. The Balaban J connectivity index is 1.92. The van der Waals surface area contributed by atoms with Crippen LogP contribution in [0.5, 0.6) is 11.5 Å². The van der Waals surface area contributed by atoms with Gasteiger partial charge in [0.1, 0.15) is 0 Å². The quantitative estimate of drug-likeness (QED) is 0.919. The predicted molar refractivity (Wildman–Crippen MR) is 80.4 cm³/mol. The highest BCUT2D eigenvalue weighted by atomic mass is 16.5. The van der Waals surface area contributed by atoms with E-state index >= 15 is 0 Å². The van der Waals surface area contributed by atoms with E-state index in [2.05, 4.69) is 5.10 Å². The van der Waals surface area contributed by atoms with Crippen LogP contribution in [0.15, 0.2) is 24.3 Å². The normalized spacial score (nSPS) is 14.5. The zero-order chi connectivity index (χ0) is 15.7. The van der Waals surface area contributed by atoms with Crippen molar-refractivity contribution in [3.63, 3.8) is 0 Å². The second-order valence-corrected chi connectivity index (χ2v) is 5.38. The van der Waals surface area contributed by atoms with Gasteiger partial charge in [0.25, 0.3) is 0 Å². The van der Waals surface area contributed by atoms with Gasteiger partial charge in [-0.3, -0.25) is 4.68 Å². The SMILES string of the molecule is COc1cc(-c2cc(C(=O)O)nn2C)ccc1OC1CCC1. The van der Waals surface area contributed by atoms with Gasteiger partial charge in [-0.15, -0.1) is 0 Å². The molecule has 6 nitrogen and oxygen atoms in total. The molecular weight excluding hydrogens is 284 g/mol. The van der Waals surface area contributed by atoms with Gasteiger partial charge in [-0.2, -0.15) is 5.10 Å². The van der Waals surface area contributed by atoms with E-state index in [1.54, 1.807) is 24.9 Å². The molecule has 1 saturated carbocycles. The van der Waals surface area contributed by atoms with Crippen molar-refractivity contribution in [3.05, 3.63) is 30.0 Å². The highest BCUT2D eigenvalue weighted by Gasteiger charge is 2.21. The Morgan fingerprint density at radius 2 is 2.09 bits per heavy atom. The molecule has 116 valence electrons. The summed E-state index contributed by atoms with van der Waals surface area (Å²) < 4.78 is 12.8. The first kappa shape index (κ1) is 14.4. The van der Waals surface area contributed by atoms with Crippen LogP contribution in [0.3, 0.4) is 0 Å². The van der Waals surface area contributed by atoms with Crippen molar-refractivity contribution in [1.82, 2.24) is 9.78 Å². The van der Waals surface area contributed by atoms with Crippen molar-refractivity contribution in [2.75, 3.05) is 7.11 Å². The number of rotatable bonds is 5. The maximum Gasteiger partial charge on any atom is 0.356 e. The summed E-state index contributed by atoms with van der Waals surface area (Å²) in [7, 11) is 3.31. The fourth-order valence-electron chi connectivity index (χ4n) is 2.43. The molecule has 0 unspecified atom stereocenters. The van der Waals surface area contributed by atoms with Crippen molar-refractivity contribution < 1.29 is 19.4 Å². The first-order valence-electron chi connectivity index (χ1n) is 7.21. The minimum Gasteiger partial charge on any atom is -0.493 e. The molecular formula is C16H18N2O4. The fourth-order valence-corrected chi connectivity index (χ4v) is 2.43. The van der Waals surface area contributed by atoms with E-state index in [-0.39, 0.29) is 11.8 Å². The van der Waals surface area contributed by atoms with Crippen LogP contribution in [0.1, 0.15) is 29.8 Å². The summed E-state index contributed by atoms with van der Waals surface area (Å²) in [5.41, 5.74) is 1.57. The van der Waals surface area contributed by atoms with E-state index < -0.39 is 5.97 Å². The molecule has 6 heteroatoms. The maximum absolute atomic E-state index is 11.0. The first-order valence-corrected chi connectivity index (χ1v) is 7.21. The molecule has 0 radical (unpaired) electrons. The second kappa shape index (κ2) is 5.71. The number of carbonyl (C=O) groups is 1. The van der Waals surface area contributed by atoms with Crippen molar-refractivity contribution in [1.29, 1.82) is 0 Å². The highest BCUT2D eigenvalue weighted by Crippen LogP contribution is 2.35. The van der Waals surface area contributed by atoms with Crippen molar-refractivity contribution >= 4 is 5.97 Å². The summed E-state index contributed by atoms with van der Waals surface area (Å²) >= 11 is 0. The number of carboxylic acids is 1. The average molecular weight is 302 g/mol. The minimum atomic E-state index is -1.04. The van der Waals surface area contributed by atoms with Crippen LogP contribution in [0.2, 0.25) is 0 Å². The fraction of sp³-hybridized carbons (Fsp3) is 0.375. The number of aryl methyl sites for hydroxylation is 1. The van der Waals surface area contributed by atoms with Crippen LogP contribution < -0.4 is 9.47 Å². The molecule has 1 aliphatic carbocycles. The third-order valence-electron chi connectivity index (χ3n) is 3.90. The summed E-state index contributed by atoms with van der Waals surface area (Å²) in [4.78, 5) is 11.0. The summed E-state index contributed by atoms with van der Waals surface area (Å²) in [5, 5.41) is 13.0. The summed E-state index contributed by atoms with van der Waals surface area (Å²) in [6.45, 7) is 0. The number of nitrogens with zero attached hydrogens (tertiary/aromatic N) is 2. The third kappa shape index (κ3) is 2.64. The number of carboxylic acid groups (broad SMARTS) is 1. The van der Waals surface area contributed by atoms with E-state index in [0.29, 0.717) is 11.4 Å². The number of benzene rings is 1. The third-order valence-corrected chi connectivity index (χ3v) is 3.90. The largest absolute Gasteiger partial charge is 0.493 e. The smallest absolute Gasteiger partial charge is 0.356 e. The van der Waals surface area contributed by atoms with Gasteiger partial charge in [0, 0.05) is 12.6 Å². The molecule has 0 atom stereocenters. The lowest BCUT2D eigenvalue weighted by Crippen LogP contribution is -2.24. The number of aromatic carboxylic acids is 1. The van der Waals surface area contributed by atoms with Gasteiger partial charge in [-0.1, -0.05) is 0 Å². The molecule has 1 aliphatic rings. The van der Waals surface area contributed by atoms with Crippen LogP contribution in [0, 0.1) is 0 Å². The molecule has 0 amide bonds.